The maximum atomic E-state index is 13.8. The van der Waals surface area contributed by atoms with Gasteiger partial charge in [-0.05, 0) is 37.7 Å². The van der Waals surface area contributed by atoms with Crippen LogP contribution in [0.4, 0.5) is 11.4 Å². The molecule has 2 saturated heterocycles. The molecule has 3 aromatic rings. The van der Waals surface area contributed by atoms with E-state index in [1.165, 1.54) is 3.97 Å². The van der Waals surface area contributed by atoms with Crippen LogP contribution < -0.4 is 9.80 Å². The SMILES string of the molecule is COC1CCN(c2cccc(S(=O)(=O)n3cc(N4CCN(C)CC4)c4ccccc43)c2)C1. The molecule has 2 aliphatic rings. The molecular formula is C24H30N4O3S. The van der Waals surface area contributed by atoms with Crippen molar-refractivity contribution in [3.8, 4) is 0 Å². The number of para-hydroxylation sites is 1. The van der Waals surface area contributed by atoms with Gasteiger partial charge in [0.2, 0.25) is 0 Å². The predicted octanol–water partition coefficient (Wildman–Crippen LogP) is 2.86. The first-order valence-corrected chi connectivity index (χ1v) is 12.6. The van der Waals surface area contributed by atoms with Gasteiger partial charge in [0.25, 0.3) is 10.0 Å². The number of fused-ring (bicyclic) bond motifs is 1. The van der Waals surface area contributed by atoms with E-state index in [2.05, 4.69) is 21.7 Å². The maximum Gasteiger partial charge on any atom is 0.268 e. The maximum absolute atomic E-state index is 13.8. The third kappa shape index (κ3) is 3.76. The summed E-state index contributed by atoms with van der Waals surface area (Å²) in [5, 5.41) is 0.972. The molecule has 0 aliphatic carbocycles. The van der Waals surface area contributed by atoms with Crippen LogP contribution in [0.1, 0.15) is 6.42 Å². The Labute approximate surface area is 189 Å². The molecule has 0 amide bonds. The summed E-state index contributed by atoms with van der Waals surface area (Å²) in [6, 6.07) is 15.0. The van der Waals surface area contributed by atoms with E-state index in [9.17, 15) is 8.42 Å². The molecule has 0 saturated carbocycles. The Kier molecular flexibility index (Phi) is 5.61. The van der Waals surface area contributed by atoms with Crippen LogP contribution in [0.15, 0.2) is 59.6 Å². The first-order chi connectivity index (χ1) is 15.5. The van der Waals surface area contributed by atoms with E-state index in [1.54, 1.807) is 25.4 Å². The fourth-order valence-corrected chi connectivity index (χ4v) is 6.14. The quantitative estimate of drug-likeness (QED) is 0.591. The molecular weight excluding hydrogens is 424 g/mol. The van der Waals surface area contributed by atoms with Crippen LogP contribution in [-0.4, -0.2) is 76.8 Å². The normalized spacial score (nSPS) is 20.4. The van der Waals surface area contributed by atoms with Gasteiger partial charge in [0.15, 0.2) is 0 Å². The lowest BCUT2D eigenvalue weighted by Gasteiger charge is -2.33. The van der Waals surface area contributed by atoms with Crippen LogP contribution in [0.2, 0.25) is 0 Å². The van der Waals surface area contributed by atoms with Gasteiger partial charge >= 0.3 is 0 Å². The average Bonchev–Trinajstić information content (AvgIpc) is 3.45. The van der Waals surface area contributed by atoms with Gasteiger partial charge in [-0.2, -0.15) is 0 Å². The molecule has 2 aromatic carbocycles. The molecule has 0 spiro atoms. The fraction of sp³-hybridized carbons (Fsp3) is 0.417. The molecule has 8 heteroatoms. The molecule has 2 aliphatic heterocycles. The van der Waals surface area contributed by atoms with E-state index in [1.807, 2.05) is 36.4 Å². The molecule has 0 N–H and O–H groups in total. The lowest BCUT2D eigenvalue weighted by Crippen LogP contribution is -2.44. The number of aromatic nitrogens is 1. The zero-order valence-corrected chi connectivity index (χ0v) is 19.5. The van der Waals surface area contributed by atoms with E-state index >= 15 is 0 Å². The van der Waals surface area contributed by atoms with Crippen molar-refractivity contribution in [3.63, 3.8) is 0 Å². The minimum Gasteiger partial charge on any atom is -0.380 e. The van der Waals surface area contributed by atoms with Crippen LogP contribution >= 0.6 is 0 Å². The highest BCUT2D eigenvalue weighted by atomic mass is 32.2. The van der Waals surface area contributed by atoms with Gasteiger partial charge in [0.1, 0.15) is 0 Å². The second-order valence-corrected chi connectivity index (χ2v) is 10.5. The fourth-order valence-electron chi connectivity index (χ4n) is 4.74. The Morgan fingerprint density at radius 2 is 1.72 bits per heavy atom. The molecule has 1 aromatic heterocycles. The summed E-state index contributed by atoms with van der Waals surface area (Å²) in [6.07, 6.45) is 2.94. The highest BCUT2D eigenvalue weighted by molar-refractivity contribution is 7.90. The second kappa shape index (κ2) is 8.42. The minimum absolute atomic E-state index is 0.190. The van der Waals surface area contributed by atoms with Gasteiger partial charge in [-0.15, -0.1) is 0 Å². The van der Waals surface area contributed by atoms with Crippen molar-refractivity contribution in [1.29, 1.82) is 0 Å². The van der Waals surface area contributed by atoms with Gasteiger partial charge in [-0.25, -0.2) is 12.4 Å². The number of anilines is 2. The summed E-state index contributed by atoms with van der Waals surface area (Å²) in [5.74, 6) is 0. The van der Waals surface area contributed by atoms with Gasteiger partial charge in [0.05, 0.1) is 22.2 Å². The summed E-state index contributed by atoms with van der Waals surface area (Å²) in [7, 11) is 0.101. The van der Waals surface area contributed by atoms with E-state index in [0.717, 1.165) is 62.5 Å². The molecule has 1 unspecified atom stereocenters. The van der Waals surface area contributed by atoms with Crippen molar-refractivity contribution in [2.45, 2.75) is 17.4 Å². The largest absolute Gasteiger partial charge is 0.380 e. The Morgan fingerprint density at radius 1 is 0.938 bits per heavy atom. The first-order valence-electron chi connectivity index (χ1n) is 11.1. The standard InChI is InChI=1S/C24H30N4O3S/c1-25-12-14-26(15-13-25)24-18-28(23-9-4-3-8-22(23)24)32(29,30)21-7-5-6-19(16-21)27-11-10-20(17-27)31-2/h3-9,16,18,20H,10-15,17H2,1-2H3. The second-order valence-electron chi connectivity index (χ2n) is 8.71. The molecule has 0 bridgehead atoms. The third-order valence-corrected chi connectivity index (χ3v) is 8.39. The molecule has 7 nitrogen and oxygen atoms in total. The number of hydrogen-bond donors (Lipinski definition) is 0. The van der Waals surface area contributed by atoms with Gasteiger partial charge in [-0.1, -0.05) is 24.3 Å². The number of rotatable bonds is 5. The van der Waals surface area contributed by atoms with E-state index in [4.69, 9.17) is 4.74 Å². The lowest BCUT2D eigenvalue weighted by atomic mass is 10.2. The Balaban J connectivity index is 1.53. The van der Waals surface area contributed by atoms with Crippen molar-refractivity contribution < 1.29 is 13.2 Å². The predicted molar refractivity (Wildman–Crippen MR) is 128 cm³/mol. The summed E-state index contributed by atoms with van der Waals surface area (Å²) in [6.45, 7) is 5.34. The van der Waals surface area contributed by atoms with E-state index < -0.39 is 10.0 Å². The molecule has 1 atom stereocenters. The zero-order valence-electron chi connectivity index (χ0n) is 18.6. The first kappa shape index (κ1) is 21.3. The van der Waals surface area contributed by atoms with Crippen LogP contribution in [0.5, 0.6) is 0 Å². The van der Waals surface area contributed by atoms with Crippen LogP contribution in [0.3, 0.4) is 0 Å². The van der Waals surface area contributed by atoms with Crippen molar-refractivity contribution in [2.24, 2.45) is 0 Å². The molecule has 3 heterocycles. The number of hydrogen-bond acceptors (Lipinski definition) is 6. The Hall–Kier alpha value is -2.55. The van der Waals surface area contributed by atoms with Crippen molar-refractivity contribution in [3.05, 3.63) is 54.7 Å². The summed E-state index contributed by atoms with van der Waals surface area (Å²) in [4.78, 5) is 7.09. The average molecular weight is 455 g/mol. The summed E-state index contributed by atoms with van der Waals surface area (Å²) >= 11 is 0. The number of ether oxygens (including phenoxy) is 1. The van der Waals surface area contributed by atoms with Crippen molar-refractivity contribution in [1.82, 2.24) is 8.87 Å². The van der Waals surface area contributed by atoms with Crippen LogP contribution in [-0.2, 0) is 14.8 Å². The minimum atomic E-state index is -3.74. The van der Waals surface area contributed by atoms with E-state index in [0.29, 0.717) is 10.4 Å². The number of nitrogens with zero attached hydrogens (tertiary/aromatic N) is 4. The Bertz CT molecular complexity index is 1210. The monoisotopic (exact) mass is 454 g/mol. The number of piperazine rings is 1. The Morgan fingerprint density at radius 3 is 2.47 bits per heavy atom. The number of methoxy groups -OCH3 is 1. The van der Waals surface area contributed by atoms with Gasteiger partial charge in [-0.3, -0.25) is 0 Å². The van der Waals surface area contributed by atoms with Crippen LogP contribution in [0.25, 0.3) is 10.9 Å². The van der Waals surface area contributed by atoms with Crippen molar-refractivity contribution in [2.75, 3.05) is 63.2 Å². The number of benzene rings is 2. The highest BCUT2D eigenvalue weighted by Gasteiger charge is 2.27. The van der Waals surface area contributed by atoms with Crippen molar-refractivity contribution >= 4 is 32.3 Å². The number of likely N-dealkylation sites (N-methyl/N-ethyl adjacent to an activating group) is 1. The molecule has 0 radical (unpaired) electrons. The van der Waals surface area contributed by atoms with E-state index in [-0.39, 0.29) is 6.10 Å². The summed E-state index contributed by atoms with van der Waals surface area (Å²) in [5.41, 5.74) is 2.62. The molecule has 2 fully saturated rings. The van der Waals surface area contributed by atoms with Crippen LogP contribution in [0, 0.1) is 0 Å². The zero-order chi connectivity index (χ0) is 22.3. The summed E-state index contributed by atoms with van der Waals surface area (Å²) < 4.78 is 34.5. The van der Waals surface area contributed by atoms with Gasteiger partial charge in [0, 0.05) is 63.6 Å². The highest BCUT2D eigenvalue weighted by Crippen LogP contribution is 2.33. The molecule has 32 heavy (non-hydrogen) atoms. The smallest absolute Gasteiger partial charge is 0.268 e. The molecule has 170 valence electrons. The van der Waals surface area contributed by atoms with Gasteiger partial charge < -0.3 is 19.4 Å². The lowest BCUT2D eigenvalue weighted by molar-refractivity contribution is 0.121. The molecule has 5 rings (SSSR count). The third-order valence-electron chi connectivity index (χ3n) is 6.72. The topological polar surface area (TPSA) is 58.0 Å².